The Bertz CT molecular complexity index is 836. The molecule has 0 aliphatic heterocycles. The lowest BCUT2D eigenvalue weighted by Crippen LogP contribution is -2.02. The molecule has 0 atom stereocenters. The average Bonchev–Trinajstić information content (AvgIpc) is 2.88. The van der Waals surface area contributed by atoms with Gasteiger partial charge in [-0.25, -0.2) is 9.48 Å². The number of carbonyl (C=O) groups excluding carboxylic acids is 1. The van der Waals surface area contributed by atoms with Crippen LogP contribution in [0.4, 0.5) is 0 Å². The van der Waals surface area contributed by atoms with Gasteiger partial charge in [-0.15, -0.1) is 0 Å². The summed E-state index contributed by atoms with van der Waals surface area (Å²) in [6.45, 7) is 0. The van der Waals surface area contributed by atoms with Crippen LogP contribution in [-0.4, -0.2) is 27.1 Å². The fraction of sp³-hybridized carbons (Fsp3) is 0.0625. The van der Waals surface area contributed by atoms with E-state index in [-0.39, 0.29) is 5.69 Å². The molecule has 0 aliphatic carbocycles. The number of aromatic carboxylic acids is 1. The highest BCUT2D eigenvalue weighted by molar-refractivity contribution is 6.01. The Morgan fingerprint density at radius 3 is 2.76 bits per heavy atom. The van der Waals surface area contributed by atoms with E-state index in [0.29, 0.717) is 11.8 Å². The van der Waals surface area contributed by atoms with Crippen LogP contribution < -0.4 is 0 Å². The molecule has 2 aromatic carbocycles. The van der Waals surface area contributed by atoms with Crippen LogP contribution in [-0.2, 0) is 11.2 Å². The molecule has 0 radical (unpaired) electrons. The number of nitrogens with zero attached hydrogens (tertiary/aromatic N) is 2. The van der Waals surface area contributed by atoms with Gasteiger partial charge in [-0.2, -0.15) is 5.10 Å². The number of hydrogen-bond acceptors (Lipinski definition) is 3. The molecule has 0 unspecified atom stereocenters. The van der Waals surface area contributed by atoms with Gasteiger partial charge in [-0.3, -0.25) is 0 Å². The van der Waals surface area contributed by atoms with Gasteiger partial charge >= 0.3 is 5.97 Å². The van der Waals surface area contributed by atoms with Crippen molar-refractivity contribution in [3.63, 3.8) is 0 Å². The maximum Gasteiger partial charge on any atom is 0.357 e. The molecule has 0 fully saturated rings. The van der Waals surface area contributed by atoms with Crippen molar-refractivity contribution in [1.29, 1.82) is 0 Å². The summed E-state index contributed by atoms with van der Waals surface area (Å²) in [5, 5.41) is 14.0. The molecule has 0 saturated heterocycles. The highest BCUT2D eigenvalue weighted by Crippen LogP contribution is 2.22. The van der Waals surface area contributed by atoms with Gasteiger partial charge in [0.15, 0.2) is 5.69 Å². The van der Waals surface area contributed by atoms with E-state index in [0.717, 1.165) is 23.1 Å². The van der Waals surface area contributed by atoms with Gasteiger partial charge in [0, 0.05) is 11.8 Å². The lowest BCUT2D eigenvalue weighted by atomic mass is 10.1. The van der Waals surface area contributed by atoms with Crippen molar-refractivity contribution < 1.29 is 14.7 Å². The van der Waals surface area contributed by atoms with E-state index in [4.69, 9.17) is 0 Å². The summed E-state index contributed by atoms with van der Waals surface area (Å²) in [7, 11) is 0. The predicted molar refractivity (Wildman–Crippen MR) is 77.8 cm³/mol. The second kappa shape index (κ2) is 5.20. The highest BCUT2D eigenvalue weighted by Gasteiger charge is 2.16. The summed E-state index contributed by atoms with van der Waals surface area (Å²) in [5.41, 5.74) is 2.33. The van der Waals surface area contributed by atoms with E-state index in [9.17, 15) is 14.7 Å². The molecule has 21 heavy (non-hydrogen) atoms. The van der Waals surface area contributed by atoms with Gasteiger partial charge in [-0.05, 0) is 23.8 Å². The molecule has 1 heterocycles. The van der Waals surface area contributed by atoms with E-state index in [1.54, 1.807) is 16.8 Å². The highest BCUT2D eigenvalue weighted by atomic mass is 16.4. The summed E-state index contributed by atoms with van der Waals surface area (Å²) in [6.07, 6.45) is 1.15. The zero-order chi connectivity index (χ0) is 14.8. The van der Waals surface area contributed by atoms with Crippen molar-refractivity contribution in [3.05, 3.63) is 59.8 Å². The monoisotopic (exact) mass is 280 g/mol. The molecule has 0 bridgehead atoms. The summed E-state index contributed by atoms with van der Waals surface area (Å²) >= 11 is 0. The van der Waals surface area contributed by atoms with Crippen LogP contribution >= 0.6 is 0 Å². The Kier molecular flexibility index (Phi) is 3.23. The third-order valence-electron chi connectivity index (χ3n) is 3.26. The Hall–Kier alpha value is -2.95. The Labute approximate surface area is 120 Å². The van der Waals surface area contributed by atoms with Crippen molar-refractivity contribution >= 4 is 23.2 Å². The van der Waals surface area contributed by atoms with Crippen LogP contribution in [0, 0.1) is 0 Å². The summed E-state index contributed by atoms with van der Waals surface area (Å²) < 4.78 is 1.59. The third-order valence-corrected chi connectivity index (χ3v) is 3.26. The number of aromatic nitrogens is 2. The number of carbonyl (C=O) groups is 2. The Morgan fingerprint density at radius 1 is 1.19 bits per heavy atom. The van der Waals surface area contributed by atoms with Crippen LogP contribution in [0.5, 0.6) is 0 Å². The maximum atomic E-state index is 11.3. The smallest absolute Gasteiger partial charge is 0.357 e. The minimum absolute atomic E-state index is 0.0198. The first-order valence-electron chi connectivity index (χ1n) is 6.44. The largest absolute Gasteiger partial charge is 0.476 e. The number of hydrogen-bond donors (Lipinski definition) is 1. The fourth-order valence-corrected chi connectivity index (χ4v) is 2.33. The van der Waals surface area contributed by atoms with Gasteiger partial charge in [0.1, 0.15) is 6.29 Å². The first-order valence-corrected chi connectivity index (χ1v) is 6.44. The second-order valence-corrected chi connectivity index (χ2v) is 4.62. The third kappa shape index (κ3) is 2.29. The summed E-state index contributed by atoms with van der Waals surface area (Å²) in [4.78, 5) is 21.9. The number of para-hydroxylation sites is 1. The maximum absolute atomic E-state index is 11.3. The van der Waals surface area contributed by atoms with Gasteiger partial charge in [0.05, 0.1) is 11.2 Å². The van der Waals surface area contributed by atoms with Crippen molar-refractivity contribution in [2.45, 2.75) is 6.42 Å². The minimum Gasteiger partial charge on any atom is -0.476 e. The molecule has 0 amide bonds. The number of benzene rings is 2. The SMILES string of the molecule is O=CCc1cccc(-n2nc(C(=O)O)c3ccccc32)c1. The molecule has 1 N–H and O–H groups in total. The Morgan fingerprint density at radius 2 is 2.00 bits per heavy atom. The van der Waals surface area contributed by atoms with Crippen molar-refractivity contribution in [2.24, 2.45) is 0 Å². The topological polar surface area (TPSA) is 72.2 Å². The van der Waals surface area contributed by atoms with Gasteiger partial charge in [-0.1, -0.05) is 30.3 Å². The zero-order valence-electron chi connectivity index (χ0n) is 11.1. The molecule has 5 heteroatoms. The standard InChI is InChI=1S/C16H12N2O3/c19-9-8-11-4-3-5-12(10-11)18-14-7-2-1-6-13(14)15(17-18)16(20)21/h1-7,9-10H,8H2,(H,20,21). The van der Waals surface area contributed by atoms with E-state index in [1.807, 2.05) is 36.4 Å². The van der Waals surface area contributed by atoms with Gasteiger partial charge < -0.3 is 9.90 Å². The molecule has 1 aromatic heterocycles. The quantitative estimate of drug-likeness (QED) is 0.745. The Balaban J connectivity index is 2.23. The molecule has 0 saturated carbocycles. The number of aldehydes is 1. The molecular formula is C16H12N2O3. The number of fused-ring (bicyclic) bond motifs is 1. The molecule has 3 aromatic rings. The van der Waals surface area contributed by atoms with Crippen LogP contribution in [0.1, 0.15) is 16.1 Å². The minimum atomic E-state index is -1.06. The molecule has 0 aliphatic rings. The van der Waals surface area contributed by atoms with E-state index in [1.165, 1.54) is 0 Å². The molecule has 3 rings (SSSR count). The van der Waals surface area contributed by atoms with Crippen LogP contribution in [0.3, 0.4) is 0 Å². The van der Waals surface area contributed by atoms with Crippen LogP contribution in [0.25, 0.3) is 16.6 Å². The average molecular weight is 280 g/mol. The fourth-order valence-electron chi connectivity index (χ4n) is 2.33. The number of rotatable bonds is 4. The van der Waals surface area contributed by atoms with E-state index >= 15 is 0 Å². The summed E-state index contributed by atoms with van der Waals surface area (Å²) in [6, 6.07) is 14.5. The molecule has 104 valence electrons. The van der Waals surface area contributed by atoms with Crippen molar-refractivity contribution in [3.8, 4) is 5.69 Å². The van der Waals surface area contributed by atoms with Crippen LogP contribution in [0.15, 0.2) is 48.5 Å². The normalized spacial score (nSPS) is 10.7. The van der Waals surface area contributed by atoms with Gasteiger partial charge in [0.25, 0.3) is 0 Å². The number of carboxylic acid groups (broad SMARTS) is 1. The van der Waals surface area contributed by atoms with Crippen LogP contribution in [0.2, 0.25) is 0 Å². The van der Waals surface area contributed by atoms with Crippen molar-refractivity contribution in [2.75, 3.05) is 0 Å². The lowest BCUT2D eigenvalue weighted by molar-refractivity contribution is -0.107. The molecule has 5 nitrogen and oxygen atoms in total. The van der Waals surface area contributed by atoms with Gasteiger partial charge in [0.2, 0.25) is 0 Å². The molecule has 0 spiro atoms. The first-order chi connectivity index (χ1) is 10.2. The van der Waals surface area contributed by atoms with E-state index < -0.39 is 5.97 Å². The predicted octanol–water partition coefficient (Wildman–Crippen LogP) is 2.47. The number of carboxylic acids is 1. The first kappa shape index (κ1) is 13.1. The second-order valence-electron chi connectivity index (χ2n) is 4.62. The van der Waals surface area contributed by atoms with E-state index in [2.05, 4.69) is 5.10 Å². The summed E-state index contributed by atoms with van der Waals surface area (Å²) in [5.74, 6) is -1.06. The zero-order valence-corrected chi connectivity index (χ0v) is 11.1. The lowest BCUT2D eigenvalue weighted by Gasteiger charge is -2.05. The van der Waals surface area contributed by atoms with Crippen molar-refractivity contribution in [1.82, 2.24) is 9.78 Å². The molecular weight excluding hydrogens is 268 g/mol.